The van der Waals surface area contributed by atoms with E-state index < -0.39 is 35.4 Å². The summed E-state index contributed by atoms with van der Waals surface area (Å²) in [6.07, 6.45) is 2.35. The van der Waals surface area contributed by atoms with Crippen LogP contribution < -0.4 is 10.4 Å². The van der Waals surface area contributed by atoms with Crippen molar-refractivity contribution < 1.29 is 33.0 Å². The summed E-state index contributed by atoms with van der Waals surface area (Å²) in [5.74, 6) is 6.13. The van der Waals surface area contributed by atoms with Gasteiger partial charge in [-0.3, -0.25) is 4.79 Å². The van der Waals surface area contributed by atoms with Gasteiger partial charge in [-0.2, -0.15) is 0 Å². The van der Waals surface area contributed by atoms with Crippen LogP contribution in [0.25, 0.3) is 11.0 Å². The average molecular weight is 715 g/mol. The minimum atomic E-state index is -1.22. The Morgan fingerprint density at radius 2 is 1.74 bits per heavy atom. The molecule has 0 saturated carbocycles. The van der Waals surface area contributed by atoms with Crippen molar-refractivity contribution in [1.82, 2.24) is 0 Å². The lowest BCUT2D eigenvalue weighted by Crippen LogP contribution is -2.54. The zero-order valence-electron chi connectivity index (χ0n) is 30.9. The maximum absolute atomic E-state index is 14.4. The Labute approximate surface area is 310 Å². The fourth-order valence-corrected chi connectivity index (χ4v) is 7.83. The largest absolute Gasteiger partial charge is 0.482 e. The summed E-state index contributed by atoms with van der Waals surface area (Å²) in [7, 11) is 1.58. The molecular formula is C45H46O8. The molecule has 3 aliphatic heterocycles. The summed E-state index contributed by atoms with van der Waals surface area (Å²) in [6.45, 7) is 6.00. The van der Waals surface area contributed by atoms with Gasteiger partial charge in [-0.15, -0.1) is 0 Å². The van der Waals surface area contributed by atoms with Crippen molar-refractivity contribution in [1.29, 1.82) is 0 Å². The van der Waals surface area contributed by atoms with Crippen molar-refractivity contribution in [3.05, 3.63) is 122 Å². The van der Waals surface area contributed by atoms with Crippen molar-refractivity contribution in [2.24, 2.45) is 5.92 Å². The van der Waals surface area contributed by atoms with E-state index in [1.807, 2.05) is 45.0 Å². The molecule has 0 radical (unpaired) electrons. The topological polar surface area (TPSA) is 101 Å². The van der Waals surface area contributed by atoms with Gasteiger partial charge in [0, 0.05) is 42.9 Å². The van der Waals surface area contributed by atoms with Gasteiger partial charge in [-0.05, 0) is 99.2 Å². The van der Waals surface area contributed by atoms with Gasteiger partial charge in [0.25, 0.3) is 0 Å². The molecule has 3 aliphatic rings. The summed E-state index contributed by atoms with van der Waals surface area (Å²) in [5.41, 5.74) is 5.31. The number of esters is 2. The van der Waals surface area contributed by atoms with Crippen LogP contribution in [0.4, 0.5) is 0 Å². The molecule has 0 aliphatic carbocycles. The first kappa shape index (κ1) is 36.2. The zero-order valence-corrected chi connectivity index (χ0v) is 30.9. The SMILES string of the molecule is COCCc1cc2ccc3c(c2oc1=O)[C@H]1OC(=O)C[C@@H](CCc2ccccc2)Cc2ccc4cc2CC#CC[C@](C)(O3)[C@H]1OC(=O)C(=C(C)C)CC4. The molecule has 5 bridgehead atoms. The molecule has 0 unspecified atom stereocenters. The molecule has 8 nitrogen and oxygen atoms in total. The third-order valence-corrected chi connectivity index (χ3v) is 10.8. The molecule has 4 heterocycles. The third-order valence-electron chi connectivity index (χ3n) is 10.8. The Morgan fingerprint density at radius 3 is 2.53 bits per heavy atom. The number of hydrogen-bond donors (Lipinski definition) is 0. The van der Waals surface area contributed by atoms with E-state index in [0.717, 1.165) is 35.1 Å². The number of rotatable bonds is 6. The van der Waals surface area contributed by atoms with E-state index in [9.17, 15) is 14.4 Å². The Morgan fingerprint density at radius 1 is 0.906 bits per heavy atom. The number of methoxy groups -OCH3 is 1. The van der Waals surface area contributed by atoms with Crippen molar-refractivity contribution in [2.45, 2.75) is 96.4 Å². The number of ether oxygens (including phenoxy) is 4. The number of carbonyl (C=O) groups excluding carboxylic acids is 2. The van der Waals surface area contributed by atoms with Crippen molar-refractivity contribution in [3.63, 3.8) is 0 Å². The molecule has 0 fully saturated rings. The molecule has 0 saturated heterocycles. The molecule has 7 rings (SSSR count). The van der Waals surface area contributed by atoms with Crippen LogP contribution in [0, 0.1) is 17.8 Å². The molecule has 1 aromatic heterocycles. The fraction of sp³-hybridized carbons (Fsp3) is 0.400. The van der Waals surface area contributed by atoms with Gasteiger partial charge in [0.15, 0.2) is 17.8 Å². The predicted octanol–water partition coefficient (Wildman–Crippen LogP) is 7.74. The molecule has 0 spiro atoms. The lowest BCUT2D eigenvalue weighted by atomic mass is 9.83. The highest BCUT2D eigenvalue weighted by Gasteiger charge is 2.53. The fourth-order valence-electron chi connectivity index (χ4n) is 7.83. The minimum absolute atomic E-state index is 0.0473. The van der Waals surface area contributed by atoms with Gasteiger partial charge < -0.3 is 23.4 Å². The number of hydrogen-bond acceptors (Lipinski definition) is 8. The monoisotopic (exact) mass is 714 g/mol. The van der Waals surface area contributed by atoms with E-state index in [2.05, 4.69) is 42.2 Å². The van der Waals surface area contributed by atoms with Crippen LogP contribution in [0.3, 0.4) is 0 Å². The van der Waals surface area contributed by atoms with E-state index in [-0.39, 0.29) is 24.3 Å². The minimum Gasteiger partial charge on any atom is -0.482 e. The quantitative estimate of drug-likeness (QED) is 0.0866. The number of benzene rings is 3. The number of aryl methyl sites for hydroxylation is 2. The van der Waals surface area contributed by atoms with E-state index >= 15 is 0 Å². The van der Waals surface area contributed by atoms with Crippen molar-refractivity contribution in [2.75, 3.05) is 13.7 Å². The van der Waals surface area contributed by atoms with Gasteiger partial charge in [-0.25, -0.2) is 9.59 Å². The molecule has 0 amide bonds. The highest BCUT2D eigenvalue weighted by atomic mass is 16.6. The lowest BCUT2D eigenvalue weighted by molar-refractivity contribution is -0.190. The Balaban J connectivity index is 1.40. The summed E-state index contributed by atoms with van der Waals surface area (Å²) in [5, 5.41) is 0.630. The first-order valence-electron chi connectivity index (χ1n) is 18.6. The molecule has 0 N–H and O–H groups in total. The van der Waals surface area contributed by atoms with Crippen LogP contribution in [0.2, 0.25) is 0 Å². The van der Waals surface area contributed by atoms with E-state index in [4.69, 9.17) is 23.4 Å². The first-order valence-corrected chi connectivity index (χ1v) is 18.6. The molecule has 274 valence electrons. The van der Waals surface area contributed by atoms with Gasteiger partial charge in [0.2, 0.25) is 0 Å². The van der Waals surface area contributed by atoms with Gasteiger partial charge in [0.1, 0.15) is 11.3 Å². The molecule has 4 atom stereocenters. The van der Waals surface area contributed by atoms with Crippen molar-refractivity contribution in [3.8, 4) is 17.6 Å². The summed E-state index contributed by atoms with van der Waals surface area (Å²) < 4.78 is 31.0. The van der Waals surface area contributed by atoms with Crippen LogP contribution in [0.5, 0.6) is 5.75 Å². The second kappa shape index (κ2) is 15.5. The second-order valence-electron chi connectivity index (χ2n) is 14.9. The van der Waals surface area contributed by atoms with Gasteiger partial charge >= 0.3 is 17.6 Å². The molecule has 3 aromatic carbocycles. The second-order valence-corrected chi connectivity index (χ2v) is 14.9. The standard InChI is InChI=1S/C45H46O8/c1-28(2)36-19-16-30-15-17-33-25-31(14-13-29-10-6-5-7-11-29)26-38(46)50-41-39-37(20-18-34-27-35(21-23-49-4)43(47)51-40(34)39)53-45(3,42(41)52-44(36)48)22-9-8-12-32(33)24-30/h5-7,10-11,15,17-18,20,24,27,31,41-42H,12-14,16,19,21-23,25-26H2,1-4H3/t31-,41+,42-,45-/m0/s1. The third kappa shape index (κ3) is 7.82. The lowest BCUT2D eigenvalue weighted by Gasteiger charge is -2.44. The Bertz CT molecular complexity index is 2180. The summed E-state index contributed by atoms with van der Waals surface area (Å²) >= 11 is 0. The van der Waals surface area contributed by atoms with Crippen molar-refractivity contribution >= 4 is 22.9 Å². The van der Waals surface area contributed by atoms with Crippen LogP contribution in [-0.2, 0) is 55.9 Å². The average Bonchev–Trinajstić information content (AvgIpc) is 3.13. The Hall–Kier alpha value is -5.13. The smallest absolute Gasteiger partial charge is 0.339 e. The number of fused-ring (bicyclic) bond motifs is 7. The van der Waals surface area contributed by atoms with Gasteiger partial charge in [-0.1, -0.05) is 65.9 Å². The predicted molar refractivity (Wildman–Crippen MR) is 202 cm³/mol. The van der Waals surface area contributed by atoms with Crippen LogP contribution in [-0.4, -0.2) is 37.4 Å². The van der Waals surface area contributed by atoms with E-state index in [1.54, 1.807) is 19.2 Å². The summed E-state index contributed by atoms with van der Waals surface area (Å²) in [4.78, 5) is 42.0. The summed E-state index contributed by atoms with van der Waals surface area (Å²) in [6, 6.07) is 22.2. The zero-order chi connectivity index (χ0) is 37.1. The highest BCUT2D eigenvalue weighted by Crippen LogP contribution is 2.48. The van der Waals surface area contributed by atoms with Crippen LogP contribution >= 0.6 is 0 Å². The van der Waals surface area contributed by atoms with Crippen LogP contribution in [0.15, 0.2) is 87.1 Å². The Kier molecular flexibility index (Phi) is 10.6. The van der Waals surface area contributed by atoms with E-state index in [1.165, 1.54) is 5.56 Å². The van der Waals surface area contributed by atoms with Gasteiger partial charge in [0.05, 0.1) is 18.6 Å². The maximum Gasteiger partial charge on any atom is 0.339 e. The molecular weight excluding hydrogens is 668 g/mol. The highest BCUT2D eigenvalue weighted by molar-refractivity contribution is 5.90. The normalized spacial score (nSPS) is 22.7. The maximum atomic E-state index is 14.4. The number of allylic oxidation sites excluding steroid dienone is 1. The molecule has 4 aromatic rings. The first-order chi connectivity index (χ1) is 25.6. The molecule has 8 heteroatoms. The van der Waals surface area contributed by atoms with Crippen LogP contribution in [0.1, 0.15) is 85.9 Å². The molecule has 53 heavy (non-hydrogen) atoms. The number of carbonyl (C=O) groups is 2. The van der Waals surface area contributed by atoms with E-state index in [0.29, 0.717) is 66.5 Å².